The van der Waals surface area contributed by atoms with Crippen LogP contribution in [0.15, 0.2) is 37.0 Å². The van der Waals surface area contributed by atoms with Gasteiger partial charge in [-0.3, -0.25) is 9.59 Å². The third-order valence-corrected chi connectivity index (χ3v) is 2.10. The normalized spacial score (nSPS) is 10.9. The highest BCUT2D eigenvalue weighted by atomic mass is 16.1. The fourth-order valence-corrected chi connectivity index (χ4v) is 1.09. The van der Waals surface area contributed by atoms with Gasteiger partial charge in [-0.15, -0.1) is 0 Å². The fourth-order valence-electron chi connectivity index (χ4n) is 1.09. The van der Waals surface area contributed by atoms with Crippen LogP contribution in [0.1, 0.15) is 32.6 Å². The van der Waals surface area contributed by atoms with Gasteiger partial charge in [0.1, 0.15) is 0 Å². The molecule has 0 atom stereocenters. The second-order valence-corrected chi connectivity index (χ2v) is 3.43. The van der Waals surface area contributed by atoms with Gasteiger partial charge >= 0.3 is 0 Å². The van der Waals surface area contributed by atoms with Crippen molar-refractivity contribution >= 4 is 11.6 Å². The van der Waals surface area contributed by atoms with E-state index in [1.807, 2.05) is 13.0 Å². The van der Waals surface area contributed by atoms with Crippen molar-refractivity contribution in [3.05, 3.63) is 37.0 Å². The molecule has 0 aliphatic rings. The molecule has 2 nitrogen and oxygen atoms in total. The molecule has 0 rings (SSSR count). The standard InChI is InChI=1S/C13H18O2/c1-4-12(14)8-6-7-11(3)9-10-13(15)5-2/h4-5,7H,1-2,6,8-10H2,3H3/b11-7-. The molecule has 0 aromatic rings. The van der Waals surface area contributed by atoms with Crippen LogP contribution in [-0.4, -0.2) is 11.6 Å². The zero-order valence-corrected chi connectivity index (χ0v) is 9.29. The Morgan fingerprint density at radius 3 is 2.07 bits per heavy atom. The van der Waals surface area contributed by atoms with Gasteiger partial charge in [0.2, 0.25) is 0 Å². The Hall–Kier alpha value is -1.44. The lowest BCUT2D eigenvalue weighted by atomic mass is 10.1. The molecule has 0 fully saturated rings. The molecule has 82 valence electrons. The first-order valence-electron chi connectivity index (χ1n) is 5.06. The van der Waals surface area contributed by atoms with Gasteiger partial charge in [-0.2, -0.15) is 0 Å². The summed E-state index contributed by atoms with van der Waals surface area (Å²) in [5.74, 6) is 0.117. The van der Waals surface area contributed by atoms with Gasteiger partial charge in [0.05, 0.1) is 0 Å². The minimum Gasteiger partial charge on any atom is -0.295 e. The summed E-state index contributed by atoms with van der Waals surface area (Å²) in [6.45, 7) is 8.78. The Morgan fingerprint density at radius 2 is 1.53 bits per heavy atom. The second kappa shape index (κ2) is 7.92. The van der Waals surface area contributed by atoms with Gasteiger partial charge < -0.3 is 0 Å². The predicted molar refractivity (Wildman–Crippen MR) is 62.6 cm³/mol. The molecule has 0 bridgehead atoms. The molecule has 0 amide bonds. The molecule has 0 aromatic carbocycles. The molecule has 0 N–H and O–H groups in total. The Balaban J connectivity index is 3.79. The topological polar surface area (TPSA) is 34.1 Å². The fraction of sp³-hybridized carbons (Fsp3) is 0.385. The largest absolute Gasteiger partial charge is 0.295 e. The zero-order valence-electron chi connectivity index (χ0n) is 9.29. The molecular weight excluding hydrogens is 188 g/mol. The van der Waals surface area contributed by atoms with Crippen molar-refractivity contribution < 1.29 is 9.59 Å². The van der Waals surface area contributed by atoms with Crippen molar-refractivity contribution in [1.29, 1.82) is 0 Å². The van der Waals surface area contributed by atoms with Crippen LogP contribution < -0.4 is 0 Å². The van der Waals surface area contributed by atoms with Gasteiger partial charge in [0.15, 0.2) is 11.6 Å². The summed E-state index contributed by atoms with van der Waals surface area (Å²) < 4.78 is 0. The molecule has 15 heavy (non-hydrogen) atoms. The van der Waals surface area contributed by atoms with Gasteiger partial charge in [-0.1, -0.05) is 24.8 Å². The molecule has 0 saturated carbocycles. The van der Waals surface area contributed by atoms with E-state index in [4.69, 9.17) is 0 Å². The van der Waals surface area contributed by atoms with Crippen molar-refractivity contribution in [2.24, 2.45) is 0 Å². The van der Waals surface area contributed by atoms with E-state index in [1.54, 1.807) is 0 Å². The van der Waals surface area contributed by atoms with Crippen LogP contribution in [0, 0.1) is 0 Å². The number of carbonyl (C=O) groups is 2. The highest BCUT2D eigenvalue weighted by Crippen LogP contribution is 2.07. The lowest BCUT2D eigenvalue weighted by Crippen LogP contribution is -1.93. The second-order valence-electron chi connectivity index (χ2n) is 3.43. The third kappa shape index (κ3) is 7.62. The van der Waals surface area contributed by atoms with Gasteiger partial charge in [0, 0.05) is 12.8 Å². The molecule has 0 spiro atoms. The van der Waals surface area contributed by atoms with Crippen LogP contribution in [0.4, 0.5) is 0 Å². The van der Waals surface area contributed by atoms with Crippen molar-refractivity contribution in [2.45, 2.75) is 32.6 Å². The number of allylic oxidation sites excluding steroid dienone is 4. The van der Waals surface area contributed by atoms with Gasteiger partial charge in [0.25, 0.3) is 0 Å². The van der Waals surface area contributed by atoms with E-state index in [9.17, 15) is 9.59 Å². The van der Waals surface area contributed by atoms with Crippen LogP contribution in [0.5, 0.6) is 0 Å². The maximum atomic E-state index is 10.9. The predicted octanol–water partition coefficient (Wildman–Crippen LogP) is 3.00. The molecule has 0 heterocycles. The van der Waals surface area contributed by atoms with Crippen molar-refractivity contribution in [2.75, 3.05) is 0 Å². The Kier molecular flexibility index (Phi) is 7.16. The summed E-state index contributed by atoms with van der Waals surface area (Å²) in [5.41, 5.74) is 1.14. The molecule has 0 saturated heterocycles. The molecule has 0 aliphatic carbocycles. The summed E-state index contributed by atoms with van der Waals surface area (Å²) >= 11 is 0. The van der Waals surface area contributed by atoms with E-state index >= 15 is 0 Å². The van der Waals surface area contributed by atoms with Gasteiger partial charge in [-0.25, -0.2) is 0 Å². The van der Waals surface area contributed by atoms with E-state index in [-0.39, 0.29) is 11.6 Å². The van der Waals surface area contributed by atoms with Crippen LogP contribution >= 0.6 is 0 Å². The monoisotopic (exact) mass is 206 g/mol. The number of ketones is 2. The molecule has 0 aromatic heterocycles. The van der Waals surface area contributed by atoms with Crippen LogP contribution in [0.2, 0.25) is 0 Å². The molecule has 2 heteroatoms. The first-order valence-corrected chi connectivity index (χ1v) is 5.06. The van der Waals surface area contributed by atoms with Gasteiger partial charge in [-0.05, 0) is 31.9 Å². The molecular formula is C13H18O2. The maximum Gasteiger partial charge on any atom is 0.155 e. The molecule has 0 unspecified atom stereocenters. The third-order valence-electron chi connectivity index (χ3n) is 2.10. The smallest absolute Gasteiger partial charge is 0.155 e. The summed E-state index contributed by atoms with van der Waals surface area (Å²) in [7, 11) is 0. The maximum absolute atomic E-state index is 10.9. The zero-order chi connectivity index (χ0) is 11.7. The number of carbonyl (C=O) groups excluding carboxylic acids is 2. The lowest BCUT2D eigenvalue weighted by Gasteiger charge is -1.98. The quantitative estimate of drug-likeness (QED) is 0.452. The van der Waals surface area contributed by atoms with E-state index in [0.717, 1.165) is 18.4 Å². The number of hydrogen-bond donors (Lipinski definition) is 0. The SMILES string of the molecule is C=CC(=O)CC/C=C(/C)CCC(=O)C=C. The molecule has 0 radical (unpaired) electrons. The van der Waals surface area contributed by atoms with Crippen molar-refractivity contribution in [3.63, 3.8) is 0 Å². The molecule has 0 aliphatic heterocycles. The van der Waals surface area contributed by atoms with E-state index < -0.39 is 0 Å². The minimum absolute atomic E-state index is 0.0567. The van der Waals surface area contributed by atoms with Crippen LogP contribution in [0.3, 0.4) is 0 Å². The van der Waals surface area contributed by atoms with Crippen LogP contribution in [-0.2, 0) is 9.59 Å². The number of hydrogen-bond acceptors (Lipinski definition) is 2. The summed E-state index contributed by atoms with van der Waals surface area (Å²) in [6.07, 6.45) is 7.14. The van der Waals surface area contributed by atoms with Crippen LogP contribution in [0.25, 0.3) is 0 Å². The average Bonchev–Trinajstić information content (AvgIpc) is 2.25. The Labute approximate surface area is 91.4 Å². The first kappa shape index (κ1) is 13.6. The number of rotatable bonds is 8. The van der Waals surface area contributed by atoms with Crippen molar-refractivity contribution in [3.8, 4) is 0 Å². The van der Waals surface area contributed by atoms with Crippen molar-refractivity contribution in [1.82, 2.24) is 0 Å². The van der Waals surface area contributed by atoms with E-state index in [2.05, 4.69) is 13.2 Å². The van der Waals surface area contributed by atoms with E-state index in [1.165, 1.54) is 12.2 Å². The first-order chi connectivity index (χ1) is 7.10. The minimum atomic E-state index is 0.0567. The summed E-state index contributed by atoms with van der Waals surface area (Å²) in [6, 6.07) is 0. The van der Waals surface area contributed by atoms with E-state index in [0.29, 0.717) is 12.8 Å². The highest BCUT2D eigenvalue weighted by Gasteiger charge is 1.97. The summed E-state index contributed by atoms with van der Waals surface area (Å²) in [5, 5.41) is 0. The summed E-state index contributed by atoms with van der Waals surface area (Å²) in [4.78, 5) is 21.8. The average molecular weight is 206 g/mol. The highest BCUT2D eigenvalue weighted by molar-refractivity contribution is 5.89. The Bertz CT molecular complexity index is 285. The lowest BCUT2D eigenvalue weighted by molar-refractivity contribution is -0.115. The Morgan fingerprint density at radius 1 is 1.00 bits per heavy atom.